The molecule has 2 heteroatoms. The zero-order valence-electron chi connectivity index (χ0n) is 8.49. The van der Waals surface area contributed by atoms with Crippen LogP contribution in [-0.4, -0.2) is 17.6 Å². The summed E-state index contributed by atoms with van der Waals surface area (Å²) in [5.41, 5.74) is 5.83. The van der Waals surface area contributed by atoms with Crippen molar-refractivity contribution in [2.24, 2.45) is 5.73 Å². The average Bonchev–Trinajstić information content (AvgIpc) is 1.55. The Balaban J connectivity index is 3.91. The summed E-state index contributed by atoms with van der Waals surface area (Å²) >= 11 is 0. The van der Waals surface area contributed by atoms with Gasteiger partial charge in [0, 0.05) is 11.1 Å². The van der Waals surface area contributed by atoms with E-state index < -0.39 is 0 Å². The summed E-state index contributed by atoms with van der Waals surface area (Å²) < 4.78 is 0. The van der Waals surface area contributed by atoms with Gasteiger partial charge in [0.25, 0.3) is 0 Å². The van der Waals surface area contributed by atoms with E-state index in [-0.39, 0.29) is 11.1 Å². The first-order valence-corrected chi connectivity index (χ1v) is 4.26. The molecular formula is C9H22N2. The van der Waals surface area contributed by atoms with Crippen LogP contribution in [0.5, 0.6) is 0 Å². The highest BCUT2D eigenvalue weighted by atomic mass is 15.0. The summed E-state index contributed by atoms with van der Waals surface area (Å²) in [6, 6.07) is 0. The fourth-order valence-electron chi connectivity index (χ4n) is 1.44. The third kappa shape index (κ3) is 6.32. The van der Waals surface area contributed by atoms with Crippen molar-refractivity contribution in [2.45, 2.75) is 52.1 Å². The van der Waals surface area contributed by atoms with Crippen LogP contribution in [0, 0.1) is 0 Å². The van der Waals surface area contributed by atoms with Crippen molar-refractivity contribution >= 4 is 0 Å². The van der Waals surface area contributed by atoms with E-state index >= 15 is 0 Å². The first-order chi connectivity index (χ1) is 4.77. The van der Waals surface area contributed by atoms with Crippen molar-refractivity contribution in [3.8, 4) is 0 Å². The summed E-state index contributed by atoms with van der Waals surface area (Å²) in [5, 5.41) is 3.52. The van der Waals surface area contributed by atoms with Crippen LogP contribution in [0.1, 0.15) is 41.0 Å². The van der Waals surface area contributed by atoms with Crippen molar-refractivity contribution < 1.29 is 0 Å². The lowest BCUT2D eigenvalue weighted by Crippen LogP contribution is -2.51. The Labute approximate surface area is 70.5 Å². The maximum absolute atomic E-state index is 5.49. The molecule has 0 aliphatic rings. The normalized spacial score (nSPS) is 13.6. The molecule has 11 heavy (non-hydrogen) atoms. The minimum atomic E-state index is 0.160. The number of nitrogens with one attached hydrogen (secondary N) is 1. The fraction of sp³-hybridized carbons (Fsp3) is 1.00. The Morgan fingerprint density at radius 1 is 1.09 bits per heavy atom. The highest BCUT2D eigenvalue weighted by Gasteiger charge is 2.22. The van der Waals surface area contributed by atoms with E-state index in [1.165, 1.54) is 0 Å². The molecule has 0 atom stereocenters. The molecule has 2 nitrogen and oxygen atoms in total. The van der Waals surface area contributed by atoms with Gasteiger partial charge in [-0.1, -0.05) is 0 Å². The summed E-state index contributed by atoms with van der Waals surface area (Å²) in [7, 11) is 0. The van der Waals surface area contributed by atoms with Gasteiger partial charge in [-0.25, -0.2) is 0 Å². The van der Waals surface area contributed by atoms with Gasteiger partial charge in [-0.15, -0.1) is 0 Å². The van der Waals surface area contributed by atoms with E-state index in [1.807, 2.05) is 0 Å². The van der Waals surface area contributed by atoms with Gasteiger partial charge in [0.15, 0.2) is 0 Å². The molecule has 0 aromatic rings. The summed E-state index contributed by atoms with van der Waals surface area (Å²) in [6.07, 6.45) is 1.02. The predicted molar refractivity (Wildman–Crippen MR) is 50.6 cm³/mol. The SMILES string of the molecule is CC(C)(C)NC(C)(C)CCN. The van der Waals surface area contributed by atoms with E-state index in [2.05, 4.69) is 39.9 Å². The molecule has 0 amide bonds. The Bertz CT molecular complexity index is 111. The molecule has 0 aliphatic heterocycles. The molecule has 3 N–H and O–H groups in total. The third-order valence-electron chi connectivity index (χ3n) is 1.48. The van der Waals surface area contributed by atoms with Crippen LogP contribution >= 0.6 is 0 Å². The van der Waals surface area contributed by atoms with Crippen LogP contribution in [0.15, 0.2) is 0 Å². The molecule has 0 aromatic heterocycles. The van der Waals surface area contributed by atoms with Crippen molar-refractivity contribution in [1.82, 2.24) is 5.32 Å². The second-order valence-electron chi connectivity index (χ2n) is 4.80. The van der Waals surface area contributed by atoms with Crippen LogP contribution < -0.4 is 11.1 Å². The average molecular weight is 158 g/mol. The van der Waals surface area contributed by atoms with Crippen LogP contribution in [-0.2, 0) is 0 Å². The van der Waals surface area contributed by atoms with Gasteiger partial charge in [0.05, 0.1) is 0 Å². The molecule has 0 fully saturated rings. The molecule has 0 saturated heterocycles. The highest BCUT2D eigenvalue weighted by molar-refractivity contribution is 4.85. The van der Waals surface area contributed by atoms with Gasteiger partial charge in [-0.3, -0.25) is 0 Å². The first kappa shape index (κ1) is 10.9. The first-order valence-electron chi connectivity index (χ1n) is 4.26. The maximum Gasteiger partial charge on any atom is 0.0142 e. The molecule has 0 heterocycles. The van der Waals surface area contributed by atoms with E-state index in [0.29, 0.717) is 0 Å². The number of hydrogen-bond donors (Lipinski definition) is 2. The Hall–Kier alpha value is -0.0800. The molecule has 0 saturated carbocycles. The molecule has 0 aromatic carbocycles. The minimum Gasteiger partial charge on any atom is -0.330 e. The van der Waals surface area contributed by atoms with E-state index in [1.54, 1.807) is 0 Å². The van der Waals surface area contributed by atoms with E-state index in [4.69, 9.17) is 5.73 Å². The van der Waals surface area contributed by atoms with Gasteiger partial charge in [-0.2, -0.15) is 0 Å². The predicted octanol–water partition coefficient (Wildman–Crippen LogP) is 1.50. The Morgan fingerprint density at radius 2 is 1.55 bits per heavy atom. The van der Waals surface area contributed by atoms with Crippen molar-refractivity contribution in [1.29, 1.82) is 0 Å². The fourth-order valence-corrected chi connectivity index (χ4v) is 1.44. The number of nitrogens with two attached hydrogens (primary N) is 1. The highest BCUT2D eigenvalue weighted by Crippen LogP contribution is 2.12. The van der Waals surface area contributed by atoms with Crippen molar-refractivity contribution in [2.75, 3.05) is 6.54 Å². The van der Waals surface area contributed by atoms with Gasteiger partial charge < -0.3 is 11.1 Å². The van der Waals surface area contributed by atoms with Gasteiger partial charge >= 0.3 is 0 Å². The standard InChI is InChI=1S/C9H22N2/c1-8(2,3)11-9(4,5)6-7-10/h11H,6-7,10H2,1-5H3. The molecule has 0 radical (unpaired) electrons. The molecular weight excluding hydrogens is 136 g/mol. The second kappa shape index (κ2) is 3.55. The lowest BCUT2D eigenvalue weighted by molar-refractivity contribution is 0.271. The molecule has 68 valence electrons. The zero-order chi connectivity index (χ0) is 9.12. The maximum atomic E-state index is 5.49. The molecule has 0 unspecified atom stereocenters. The summed E-state index contributed by atoms with van der Waals surface area (Å²) in [6.45, 7) is 11.6. The van der Waals surface area contributed by atoms with Crippen molar-refractivity contribution in [3.05, 3.63) is 0 Å². The molecule has 0 bridgehead atoms. The van der Waals surface area contributed by atoms with Crippen LogP contribution in [0.4, 0.5) is 0 Å². The Morgan fingerprint density at radius 3 is 1.82 bits per heavy atom. The number of rotatable bonds is 3. The third-order valence-corrected chi connectivity index (χ3v) is 1.48. The van der Waals surface area contributed by atoms with Crippen LogP contribution in [0.2, 0.25) is 0 Å². The monoisotopic (exact) mass is 158 g/mol. The quantitative estimate of drug-likeness (QED) is 0.653. The topological polar surface area (TPSA) is 38.0 Å². The number of hydrogen-bond acceptors (Lipinski definition) is 2. The smallest absolute Gasteiger partial charge is 0.0142 e. The molecule has 0 rings (SSSR count). The van der Waals surface area contributed by atoms with Gasteiger partial charge in [0.2, 0.25) is 0 Å². The molecule has 0 spiro atoms. The van der Waals surface area contributed by atoms with Gasteiger partial charge in [-0.05, 0) is 47.6 Å². The van der Waals surface area contributed by atoms with E-state index in [0.717, 1.165) is 13.0 Å². The summed E-state index contributed by atoms with van der Waals surface area (Å²) in [5.74, 6) is 0. The lowest BCUT2D eigenvalue weighted by atomic mass is 9.96. The van der Waals surface area contributed by atoms with Crippen LogP contribution in [0.25, 0.3) is 0 Å². The van der Waals surface area contributed by atoms with Crippen LogP contribution in [0.3, 0.4) is 0 Å². The summed E-state index contributed by atoms with van der Waals surface area (Å²) in [4.78, 5) is 0. The second-order valence-corrected chi connectivity index (χ2v) is 4.80. The van der Waals surface area contributed by atoms with E-state index in [9.17, 15) is 0 Å². The minimum absolute atomic E-state index is 0.160. The zero-order valence-corrected chi connectivity index (χ0v) is 8.49. The van der Waals surface area contributed by atoms with Gasteiger partial charge in [0.1, 0.15) is 0 Å². The van der Waals surface area contributed by atoms with Crippen molar-refractivity contribution in [3.63, 3.8) is 0 Å². The lowest BCUT2D eigenvalue weighted by Gasteiger charge is -2.34. The largest absolute Gasteiger partial charge is 0.330 e. The molecule has 0 aliphatic carbocycles. The Kier molecular flexibility index (Phi) is 3.52.